The topological polar surface area (TPSA) is 23.6 Å². The van der Waals surface area contributed by atoms with E-state index in [4.69, 9.17) is 0 Å². The van der Waals surface area contributed by atoms with Gasteiger partial charge in [-0.15, -0.1) is 11.8 Å². The van der Waals surface area contributed by atoms with Gasteiger partial charge in [0.2, 0.25) is 5.91 Å². The summed E-state index contributed by atoms with van der Waals surface area (Å²) in [6.45, 7) is 1.85. The largest absolute Gasteiger partial charge is 0.326 e. The first kappa shape index (κ1) is 14.9. The van der Waals surface area contributed by atoms with Gasteiger partial charge in [-0.2, -0.15) is 0 Å². The number of halogens is 1. The number of benzene rings is 1. The Morgan fingerprint density at radius 3 is 2.95 bits per heavy atom. The summed E-state index contributed by atoms with van der Waals surface area (Å²) in [6.07, 6.45) is 1.02. The van der Waals surface area contributed by atoms with Crippen LogP contribution in [0.15, 0.2) is 28.7 Å². The first-order valence-corrected chi connectivity index (χ1v) is 8.23. The van der Waals surface area contributed by atoms with Crippen molar-refractivity contribution in [3.63, 3.8) is 0 Å². The maximum absolute atomic E-state index is 12.0. The highest BCUT2D eigenvalue weighted by molar-refractivity contribution is 9.10. The molecule has 1 aromatic carbocycles. The molecule has 3 nitrogen and oxygen atoms in total. The molecule has 0 bridgehead atoms. The second kappa shape index (κ2) is 6.77. The predicted octanol–water partition coefficient (Wildman–Crippen LogP) is 2.97. The molecule has 1 atom stereocenters. The fourth-order valence-corrected chi connectivity index (χ4v) is 3.81. The Morgan fingerprint density at radius 1 is 1.47 bits per heavy atom. The lowest BCUT2D eigenvalue weighted by atomic mass is 10.2. The quantitative estimate of drug-likeness (QED) is 0.821. The molecular weight excluding hydrogens is 324 g/mol. The maximum Gasteiger partial charge on any atom is 0.233 e. The van der Waals surface area contributed by atoms with Crippen LogP contribution in [0, 0.1) is 0 Å². The Bertz CT molecular complexity index is 453. The van der Waals surface area contributed by atoms with E-state index in [0.717, 1.165) is 24.0 Å². The molecular formula is C14H19BrN2OS. The van der Waals surface area contributed by atoms with Crippen LogP contribution in [-0.4, -0.2) is 48.6 Å². The van der Waals surface area contributed by atoms with Gasteiger partial charge in [0.05, 0.1) is 5.75 Å². The summed E-state index contributed by atoms with van der Waals surface area (Å²) in [6, 6.07) is 8.25. The van der Waals surface area contributed by atoms with Crippen LogP contribution in [0.25, 0.3) is 0 Å². The van der Waals surface area contributed by atoms with E-state index in [2.05, 4.69) is 47.1 Å². The fourth-order valence-electron chi connectivity index (χ4n) is 2.19. The van der Waals surface area contributed by atoms with Gasteiger partial charge in [-0.05, 0) is 44.8 Å². The molecule has 1 aliphatic heterocycles. The molecule has 1 saturated heterocycles. The molecule has 0 aromatic heterocycles. The number of rotatable bonds is 5. The van der Waals surface area contributed by atoms with Crippen LogP contribution in [-0.2, 0) is 4.79 Å². The maximum atomic E-state index is 12.0. The summed E-state index contributed by atoms with van der Waals surface area (Å²) in [7, 11) is 4.12. The molecule has 1 unspecified atom stereocenters. The zero-order chi connectivity index (χ0) is 13.8. The molecule has 1 aromatic rings. The molecule has 1 aliphatic rings. The number of hydrogen-bond acceptors (Lipinski definition) is 3. The summed E-state index contributed by atoms with van der Waals surface area (Å²) in [5.74, 6) is 0.854. The monoisotopic (exact) mass is 342 g/mol. The van der Waals surface area contributed by atoms with Gasteiger partial charge < -0.3 is 9.80 Å². The Labute approximate surface area is 127 Å². The number of nitrogens with zero attached hydrogens (tertiary/aromatic N) is 2. The van der Waals surface area contributed by atoms with Crippen LogP contribution >= 0.6 is 27.7 Å². The average Bonchev–Trinajstić information content (AvgIpc) is 2.71. The van der Waals surface area contributed by atoms with Gasteiger partial charge in [-0.3, -0.25) is 4.79 Å². The second-order valence-corrected chi connectivity index (χ2v) is 6.95. The molecule has 0 aliphatic carbocycles. The van der Waals surface area contributed by atoms with Crippen LogP contribution in [0.4, 0.5) is 0 Å². The van der Waals surface area contributed by atoms with Crippen molar-refractivity contribution in [2.24, 2.45) is 0 Å². The third-order valence-electron chi connectivity index (χ3n) is 3.11. The smallest absolute Gasteiger partial charge is 0.233 e. The lowest BCUT2D eigenvalue weighted by molar-refractivity contribution is -0.128. The number of hydrogen-bond donors (Lipinski definition) is 0. The van der Waals surface area contributed by atoms with E-state index in [1.54, 1.807) is 11.8 Å². The Morgan fingerprint density at radius 2 is 2.26 bits per heavy atom. The van der Waals surface area contributed by atoms with Gasteiger partial charge in [-0.1, -0.05) is 28.1 Å². The number of carbonyl (C=O) groups excluding carboxylic acids is 1. The van der Waals surface area contributed by atoms with Gasteiger partial charge in [-0.25, -0.2) is 0 Å². The Hall–Kier alpha value is -0.520. The number of thioether (sulfide) groups is 1. The molecule has 2 rings (SSSR count). The summed E-state index contributed by atoms with van der Waals surface area (Å²) in [4.78, 5) is 16.2. The average molecular weight is 343 g/mol. The normalized spacial score (nSPS) is 19.5. The first-order valence-electron chi connectivity index (χ1n) is 6.39. The van der Waals surface area contributed by atoms with Crippen LogP contribution in [0.3, 0.4) is 0 Å². The van der Waals surface area contributed by atoms with Crippen LogP contribution in [0.1, 0.15) is 17.4 Å². The van der Waals surface area contributed by atoms with Crippen LogP contribution in [0.5, 0.6) is 0 Å². The van der Waals surface area contributed by atoms with E-state index >= 15 is 0 Å². The lowest BCUT2D eigenvalue weighted by Crippen LogP contribution is -2.31. The van der Waals surface area contributed by atoms with Crippen molar-refractivity contribution < 1.29 is 4.79 Å². The second-order valence-electron chi connectivity index (χ2n) is 4.96. The van der Waals surface area contributed by atoms with Gasteiger partial charge in [0.1, 0.15) is 5.37 Å². The molecule has 1 heterocycles. The fraction of sp³-hybridized carbons (Fsp3) is 0.500. The molecule has 104 valence electrons. The van der Waals surface area contributed by atoms with Gasteiger partial charge >= 0.3 is 0 Å². The zero-order valence-corrected chi connectivity index (χ0v) is 13.7. The molecule has 0 saturated carbocycles. The molecule has 1 fully saturated rings. The third kappa shape index (κ3) is 3.97. The molecule has 19 heavy (non-hydrogen) atoms. The first-order chi connectivity index (χ1) is 9.08. The summed E-state index contributed by atoms with van der Waals surface area (Å²) < 4.78 is 1.07. The van der Waals surface area contributed by atoms with Gasteiger partial charge in [0.15, 0.2) is 0 Å². The van der Waals surface area contributed by atoms with Crippen LogP contribution in [0.2, 0.25) is 0 Å². The summed E-state index contributed by atoms with van der Waals surface area (Å²) in [5.41, 5.74) is 1.20. The molecule has 0 radical (unpaired) electrons. The van der Waals surface area contributed by atoms with Gasteiger partial charge in [0, 0.05) is 11.0 Å². The van der Waals surface area contributed by atoms with E-state index in [1.807, 2.05) is 17.0 Å². The minimum Gasteiger partial charge on any atom is -0.326 e. The van der Waals surface area contributed by atoms with Crippen molar-refractivity contribution in [3.05, 3.63) is 34.3 Å². The van der Waals surface area contributed by atoms with Crippen molar-refractivity contribution in [3.8, 4) is 0 Å². The molecule has 0 N–H and O–H groups in total. The van der Waals surface area contributed by atoms with E-state index in [9.17, 15) is 4.79 Å². The minimum atomic E-state index is 0.173. The standard InChI is InChI=1S/C14H19BrN2OS/c1-16(2)7-4-8-17-13(18)10-19-14(17)11-5-3-6-12(15)9-11/h3,5-6,9,14H,4,7-8,10H2,1-2H3. The third-order valence-corrected chi connectivity index (χ3v) is 4.86. The zero-order valence-electron chi connectivity index (χ0n) is 11.3. The van der Waals surface area contributed by atoms with Gasteiger partial charge in [0.25, 0.3) is 0 Å². The summed E-state index contributed by atoms with van der Waals surface area (Å²) >= 11 is 5.22. The van der Waals surface area contributed by atoms with E-state index < -0.39 is 0 Å². The van der Waals surface area contributed by atoms with E-state index in [0.29, 0.717) is 5.75 Å². The summed E-state index contributed by atoms with van der Waals surface area (Å²) in [5, 5.41) is 0.173. The van der Waals surface area contributed by atoms with E-state index in [1.165, 1.54) is 5.56 Å². The Kier molecular flexibility index (Phi) is 5.30. The number of carbonyl (C=O) groups is 1. The molecule has 1 amide bonds. The molecule has 5 heteroatoms. The molecule has 0 spiro atoms. The Balaban J connectivity index is 2.04. The highest BCUT2D eigenvalue weighted by atomic mass is 79.9. The predicted molar refractivity (Wildman–Crippen MR) is 84.2 cm³/mol. The van der Waals surface area contributed by atoms with Crippen molar-refractivity contribution in [2.45, 2.75) is 11.8 Å². The van der Waals surface area contributed by atoms with Crippen molar-refractivity contribution >= 4 is 33.6 Å². The van der Waals surface area contributed by atoms with E-state index in [-0.39, 0.29) is 11.3 Å². The number of amides is 1. The SMILES string of the molecule is CN(C)CCCN1C(=O)CSC1c1cccc(Br)c1. The minimum absolute atomic E-state index is 0.173. The highest BCUT2D eigenvalue weighted by Gasteiger charge is 2.32. The van der Waals surface area contributed by atoms with Crippen molar-refractivity contribution in [2.75, 3.05) is 32.9 Å². The van der Waals surface area contributed by atoms with Crippen molar-refractivity contribution in [1.29, 1.82) is 0 Å². The highest BCUT2D eigenvalue weighted by Crippen LogP contribution is 2.39. The van der Waals surface area contributed by atoms with Crippen molar-refractivity contribution in [1.82, 2.24) is 9.80 Å². The van der Waals surface area contributed by atoms with Crippen LogP contribution < -0.4 is 0 Å². The lowest BCUT2D eigenvalue weighted by Gasteiger charge is -2.25.